The summed E-state index contributed by atoms with van der Waals surface area (Å²) in [6.07, 6.45) is 13.1. The van der Waals surface area contributed by atoms with Gasteiger partial charge in [0.1, 0.15) is 11.6 Å². The van der Waals surface area contributed by atoms with Gasteiger partial charge in [-0.25, -0.2) is 0 Å². The van der Waals surface area contributed by atoms with Gasteiger partial charge in [0.05, 0.1) is 17.9 Å². The fraction of sp³-hybridized carbons (Fsp3) is 0.800. The predicted octanol–water partition coefficient (Wildman–Crippen LogP) is 2.30. The SMILES string of the molecule is CC(C)CN1C(=O)[C@H]2[C@H](C(=O)NC3CCCCC3)[C@@H]3C=C[C@]2(O3)[C@H]1C(=O)NC1CCCC1. The van der Waals surface area contributed by atoms with E-state index in [2.05, 4.69) is 10.6 Å². The number of ether oxygens (including phenoxy) is 1. The van der Waals surface area contributed by atoms with E-state index >= 15 is 0 Å². The molecule has 5 rings (SSSR count). The van der Waals surface area contributed by atoms with Gasteiger partial charge in [-0.05, 0) is 31.6 Å². The van der Waals surface area contributed by atoms with Gasteiger partial charge in [0, 0.05) is 18.6 Å². The first-order valence-corrected chi connectivity index (χ1v) is 12.7. The second kappa shape index (κ2) is 8.47. The van der Waals surface area contributed by atoms with Crippen LogP contribution in [-0.4, -0.2) is 59.0 Å². The van der Waals surface area contributed by atoms with Crippen LogP contribution in [0.5, 0.6) is 0 Å². The van der Waals surface area contributed by atoms with E-state index in [4.69, 9.17) is 4.74 Å². The number of rotatable bonds is 6. The fourth-order valence-electron chi connectivity index (χ4n) is 6.75. The molecule has 0 aromatic heterocycles. The number of nitrogens with zero attached hydrogens (tertiary/aromatic N) is 1. The third-order valence-electron chi connectivity index (χ3n) is 8.14. The van der Waals surface area contributed by atoms with Gasteiger partial charge < -0.3 is 20.3 Å². The summed E-state index contributed by atoms with van der Waals surface area (Å²) in [6.45, 7) is 4.58. The lowest BCUT2D eigenvalue weighted by atomic mass is 9.74. The first kappa shape index (κ1) is 21.9. The van der Waals surface area contributed by atoms with Crippen molar-refractivity contribution < 1.29 is 19.1 Å². The van der Waals surface area contributed by atoms with Gasteiger partial charge >= 0.3 is 0 Å². The summed E-state index contributed by atoms with van der Waals surface area (Å²) in [7, 11) is 0. The van der Waals surface area contributed by atoms with E-state index in [1.807, 2.05) is 26.0 Å². The van der Waals surface area contributed by atoms with E-state index in [1.54, 1.807) is 4.90 Å². The van der Waals surface area contributed by atoms with E-state index < -0.39 is 29.6 Å². The Bertz CT molecular complexity index is 799. The molecule has 0 aromatic rings. The Labute approximate surface area is 190 Å². The molecule has 2 N–H and O–H groups in total. The first-order valence-electron chi connectivity index (χ1n) is 12.7. The number of amides is 3. The molecule has 32 heavy (non-hydrogen) atoms. The maximum atomic E-state index is 13.7. The quantitative estimate of drug-likeness (QED) is 0.617. The number of likely N-dealkylation sites (tertiary alicyclic amines) is 1. The molecule has 4 fully saturated rings. The molecule has 0 aromatic carbocycles. The van der Waals surface area contributed by atoms with Gasteiger partial charge in [0.15, 0.2) is 0 Å². The lowest BCUT2D eigenvalue weighted by Gasteiger charge is -2.33. The van der Waals surface area contributed by atoms with Crippen LogP contribution in [-0.2, 0) is 19.1 Å². The second-order valence-electron chi connectivity index (χ2n) is 10.9. The van der Waals surface area contributed by atoms with Crippen LogP contribution in [0.25, 0.3) is 0 Å². The zero-order valence-corrected chi connectivity index (χ0v) is 19.3. The fourth-order valence-corrected chi connectivity index (χ4v) is 6.75. The first-order chi connectivity index (χ1) is 15.4. The van der Waals surface area contributed by atoms with Crippen molar-refractivity contribution in [3.8, 4) is 0 Å². The topological polar surface area (TPSA) is 87.7 Å². The van der Waals surface area contributed by atoms with Gasteiger partial charge in [-0.2, -0.15) is 0 Å². The van der Waals surface area contributed by atoms with E-state index in [1.165, 1.54) is 6.42 Å². The highest BCUT2D eigenvalue weighted by molar-refractivity contribution is 6.00. The van der Waals surface area contributed by atoms with Crippen LogP contribution >= 0.6 is 0 Å². The number of hydrogen-bond donors (Lipinski definition) is 2. The Balaban J connectivity index is 1.41. The minimum Gasteiger partial charge on any atom is -0.359 e. The summed E-state index contributed by atoms with van der Waals surface area (Å²) in [5, 5.41) is 6.41. The normalized spacial score (nSPS) is 36.8. The van der Waals surface area contributed by atoms with E-state index in [0.29, 0.717) is 6.54 Å². The number of carbonyl (C=O) groups excluding carboxylic acids is 3. The van der Waals surface area contributed by atoms with Crippen molar-refractivity contribution in [3.63, 3.8) is 0 Å². The highest BCUT2D eigenvalue weighted by Gasteiger charge is 2.72. The van der Waals surface area contributed by atoms with Crippen LogP contribution in [0.1, 0.15) is 71.6 Å². The average Bonchev–Trinajstić information content (AvgIpc) is 3.51. The van der Waals surface area contributed by atoms with Crippen molar-refractivity contribution in [3.05, 3.63) is 12.2 Å². The Morgan fingerprint density at radius 2 is 1.62 bits per heavy atom. The van der Waals surface area contributed by atoms with Gasteiger partial charge in [0.25, 0.3) is 0 Å². The molecule has 3 heterocycles. The molecule has 2 aliphatic carbocycles. The third kappa shape index (κ3) is 3.57. The van der Waals surface area contributed by atoms with Crippen molar-refractivity contribution in [2.24, 2.45) is 17.8 Å². The highest BCUT2D eigenvalue weighted by atomic mass is 16.5. The second-order valence-corrected chi connectivity index (χ2v) is 10.9. The Morgan fingerprint density at radius 3 is 2.25 bits per heavy atom. The van der Waals surface area contributed by atoms with Crippen molar-refractivity contribution in [1.29, 1.82) is 0 Å². The molecule has 2 saturated heterocycles. The zero-order valence-electron chi connectivity index (χ0n) is 19.3. The van der Waals surface area contributed by atoms with E-state index in [9.17, 15) is 14.4 Å². The molecule has 176 valence electrons. The van der Waals surface area contributed by atoms with Gasteiger partial charge in [-0.1, -0.05) is 58.1 Å². The Hall–Kier alpha value is -1.89. The maximum absolute atomic E-state index is 13.7. The van der Waals surface area contributed by atoms with Gasteiger partial charge in [0.2, 0.25) is 17.7 Å². The molecule has 3 aliphatic heterocycles. The molecule has 2 saturated carbocycles. The number of carbonyl (C=O) groups is 3. The van der Waals surface area contributed by atoms with Crippen molar-refractivity contribution in [2.75, 3.05) is 6.54 Å². The largest absolute Gasteiger partial charge is 0.359 e. The number of hydrogen-bond acceptors (Lipinski definition) is 4. The van der Waals surface area contributed by atoms with Crippen LogP contribution in [0.15, 0.2) is 12.2 Å². The molecule has 5 atom stereocenters. The van der Waals surface area contributed by atoms with Crippen molar-refractivity contribution in [2.45, 2.75) is 101 Å². The zero-order chi connectivity index (χ0) is 22.5. The monoisotopic (exact) mass is 443 g/mol. The summed E-state index contributed by atoms with van der Waals surface area (Å²) in [5.74, 6) is -1.31. The van der Waals surface area contributed by atoms with Gasteiger partial charge in [-0.3, -0.25) is 14.4 Å². The molecule has 2 bridgehead atoms. The predicted molar refractivity (Wildman–Crippen MR) is 119 cm³/mol. The molecule has 7 nitrogen and oxygen atoms in total. The smallest absolute Gasteiger partial charge is 0.246 e. The minimum atomic E-state index is -1.03. The summed E-state index contributed by atoms with van der Waals surface area (Å²) >= 11 is 0. The van der Waals surface area contributed by atoms with Crippen LogP contribution in [0, 0.1) is 17.8 Å². The molecule has 5 aliphatic rings. The molecule has 0 radical (unpaired) electrons. The van der Waals surface area contributed by atoms with Crippen LogP contribution in [0.2, 0.25) is 0 Å². The molecule has 0 unspecified atom stereocenters. The third-order valence-corrected chi connectivity index (χ3v) is 8.14. The minimum absolute atomic E-state index is 0.0900. The van der Waals surface area contributed by atoms with Crippen LogP contribution in [0.3, 0.4) is 0 Å². The Kier molecular flexibility index (Phi) is 5.81. The maximum Gasteiger partial charge on any atom is 0.246 e. The standard InChI is InChI=1S/C25H37N3O4/c1-15(2)14-28-21(23(30)27-17-10-6-7-11-17)25-13-12-18(32-25)19(20(25)24(28)31)22(29)26-16-8-4-3-5-9-16/h12-13,15-21H,3-11,14H2,1-2H3,(H,26,29)(H,27,30)/t18-,19+,20+,21+,25+/m0/s1. The molecule has 3 amide bonds. The average molecular weight is 444 g/mol. The number of nitrogens with one attached hydrogen (secondary N) is 2. The molecule has 1 spiro atoms. The molecular formula is C25H37N3O4. The van der Waals surface area contributed by atoms with Gasteiger partial charge in [-0.15, -0.1) is 0 Å². The summed E-state index contributed by atoms with van der Waals surface area (Å²) in [4.78, 5) is 42.3. The number of fused-ring (bicyclic) bond motifs is 1. The van der Waals surface area contributed by atoms with Crippen molar-refractivity contribution in [1.82, 2.24) is 15.5 Å². The summed E-state index contributed by atoms with van der Waals surface area (Å²) < 4.78 is 6.39. The van der Waals surface area contributed by atoms with Crippen molar-refractivity contribution >= 4 is 17.7 Å². The summed E-state index contributed by atoms with van der Waals surface area (Å²) in [5.41, 5.74) is -1.03. The summed E-state index contributed by atoms with van der Waals surface area (Å²) in [6, 6.07) is -0.362. The molecule has 7 heteroatoms. The van der Waals surface area contributed by atoms with Crippen LogP contribution < -0.4 is 10.6 Å². The highest BCUT2D eigenvalue weighted by Crippen LogP contribution is 2.55. The lowest BCUT2D eigenvalue weighted by Crippen LogP contribution is -2.56. The molecular weight excluding hydrogens is 406 g/mol. The van der Waals surface area contributed by atoms with E-state index in [-0.39, 0.29) is 35.7 Å². The Morgan fingerprint density at radius 1 is 1.03 bits per heavy atom. The van der Waals surface area contributed by atoms with Crippen LogP contribution in [0.4, 0.5) is 0 Å². The van der Waals surface area contributed by atoms with E-state index in [0.717, 1.165) is 51.4 Å². The lowest BCUT2D eigenvalue weighted by molar-refractivity contribution is -0.142.